The molecule has 1 rings (SSSR count). The van der Waals surface area contributed by atoms with Crippen LogP contribution in [-0.2, 0) is 4.74 Å². The zero-order valence-corrected chi connectivity index (χ0v) is 9.31. The fraction of sp³-hybridized carbons (Fsp3) is 1.00. The Labute approximate surface area is 84.0 Å². The van der Waals surface area contributed by atoms with Gasteiger partial charge < -0.3 is 4.74 Å². The zero-order valence-electron chi connectivity index (χ0n) is 7.73. The molecule has 72 valence electrons. The number of ether oxygens (including phenoxy) is 1. The Bertz CT molecular complexity index is 98.0. The van der Waals surface area contributed by atoms with Gasteiger partial charge in [0.1, 0.15) is 0 Å². The minimum absolute atomic E-state index is 0.576. The molecule has 1 aliphatic carbocycles. The Morgan fingerprint density at radius 1 is 1.08 bits per heavy atom. The number of alkyl halides is 1. The minimum atomic E-state index is 0.576. The molecule has 0 aliphatic heterocycles. The average Bonchev–Trinajstić information content (AvgIpc) is 2.33. The van der Waals surface area contributed by atoms with Crippen molar-refractivity contribution in [2.24, 2.45) is 0 Å². The summed E-state index contributed by atoms with van der Waals surface area (Å²) in [5.74, 6) is 0. The molecule has 0 saturated heterocycles. The summed E-state index contributed by atoms with van der Waals surface area (Å²) in [6.07, 6.45) is 9.89. The van der Waals surface area contributed by atoms with E-state index in [9.17, 15) is 0 Å². The van der Waals surface area contributed by atoms with Crippen LogP contribution in [0.1, 0.15) is 44.9 Å². The summed E-state index contributed by atoms with van der Waals surface area (Å²) in [5, 5.41) is 1.07. The normalized spacial score (nSPS) is 20.8. The van der Waals surface area contributed by atoms with E-state index in [4.69, 9.17) is 4.74 Å². The molecule has 0 aromatic heterocycles. The maximum atomic E-state index is 5.77. The van der Waals surface area contributed by atoms with Crippen molar-refractivity contribution < 1.29 is 4.74 Å². The van der Waals surface area contributed by atoms with Crippen LogP contribution in [0.3, 0.4) is 0 Å². The minimum Gasteiger partial charge on any atom is -0.378 e. The van der Waals surface area contributed by atoms with Crippen molar-refractivity contribution in [2.75, 3.05) is 11.9 Å². The van der Waals surface area contributed by atoms with Gasteiger partial charge in [0.2, 0.25) is 0 Å². The van der Waals surface area contributed by atoms with E-state index in [0.29, 0.717) is 6.10 Å². The van der Waals surface area contributed by atoms with E-state index in [0.717, 1.165) is 18.4 Å². The van der Waals surface area contributed by atoms with E-state index in [1.165, 1.54) is 38.5 Å². The van der Waals surface area contributed by atoms with E-state index >= 15 is 0 Å². The highest BCUT2D eigenvalue weighted by molar-refractivity contribution is 9.09. The number of hydrogen-bond acceptors (Lipinski definition) is 1. The number of halogens is 1. The molecule has 1 saturated carbocycles. The van der Waals surface area contributed by atoms with Crippen LogP contribution in [0.15, 0.2) is 0 Å². The molecule has 0 aromatic carbocycles. The number of rotatable bonds is 4. The zero-order chi connectivity index (χ0) is 8.65. The van der Waals surface area contributed by atoms with Crippen LogP contribution in [0, 0.1) is 0 Å². The first-order valence-electron chi connectivity index (χ1n) is 5.11. The highest BCUT2D eigenvalue weighted by Crippen LogP contribution is 2.19. The quantitative estimate of drug-likeness (QED) is 0.411. The first kappa shape index (κ1) is 10.5. The van der Waals surface area contributed by atoms with Crippen molar-refractivity contribution in [3.8, 4) is 0 Å². The van der Waals surface area contributed by atoms with E-state index in [-0.39, 0.29) is 0 Å². The molecule has 2 heteroatoms. The fourth-order valence-corrected chi connectivity index (χ4v) is 1.94. The predicted octanol–water partition coefficient (Wildman–Crippen LogP) is 3.51. The molecule has 1 nitrogen and oxygen atoms in total. The van der Waals surface area contributed by atoms with Crippen LogP contribution in [0.2, 0.25) is 0 Å². The molecule has 0 N–H and O–H groups in total. The SMILES string of the molecule is BrCCCOC1CCCCCC1. The van der Waals surface area contributed by atoms with Crippen molar-refractivity contribution in [2.45, 2.75) is 51.0 Å². The van der Waals surface area contributed by atoms with Crippen LogP contribution < -0.4 is 0 Å². The summed E-state index contributed by atoms with van der Waals surface area (Å²) < 4.78 is 5.77. The molecule has 0 spiro atoms. The summed E-state index contributed by atoms with van der Waals surface area (Å²) >= 11 is 3.41. The maximum Gasteiger partial charge on any atom is 0.0575 e. The van der Waals surface area contributed by atoms with E-state index in [1.54, 1.807) is 0 Å². The summed E-state index contributed by atoms with van der Waals surface area (Å²) in [7, 11) is 0. The van der Waals surface area contributed by atoms with Crippen molar-refractivity contribution >= 4 is 15.9 Å². The van der Waals surface area contributed by atoms with E-state index in [2.05, 4.69) is 15.9 Å². The van der Waals surface area contributed by atoms with Crippen LogP contribution in [0.5, 0.6) is 0 Å². The molecular weight excluding hydrogens is 216 g/mol. The molecule has 0 bridgehead atoms. The van der Waals surface area contributed by atoms with E-state index in [1.807, 2.05) is 0 Å². The fourth-order valence-electron chi connectivity index (χ4n) is 1.71. The maximum absolute atomic E-state index is 5.77. The van der Waals surface area contributed by atoms with Crippen molar-refractivity contribution in [3.05, 3.63) is 0 Å². The van der Waals surface area contributed by atoms with Crippen molar-refractivity contribution in [1.29, 1.82) is 0 Å². The van der Waals surface area contributed by atoms with Crippen molar-refractivity contribution in [1.82, 2.24) is 0 Å². The second-order valence-electron chi connectivity index (χ2n) is 3.53. The number of hydrogen-bond donors (Lipinski definition) is 0. The van der Waals surface area contributed by atoms with Gasteiger partial charge in [0, 0.05) is 11.9 Å². The Morgan fingerprint density at radius 2 is 1.75 bits per heavy atom. The highest BCUT2D eigenvalue weighted by Gasteiger charge is 2.11. The van der Waals surface area contributed by atoms with E-state index < -0.39 is 0 Å². The van der Waals surface area contributed by atoms with Gasteiger partial charge in [-0.2, -0.15) is 0 Å². The summed E-state index contributed by atoms with van der Waals surface area (Å²) in [5.41, 5.74) is 0. The lowest BCUT2D eigenvalue weighted by atomic mass is 10.1. The third kappa shape index (κ3) is 4.46. The van der Waals surface area contributed by atoms with Gasteiger partial charge in [-0.05, 0) is 19.3 Å². The van der Waals surface area contributed by atoms with Crippen molar-refractivity contribution in [3.63, 3.8) is 0 Å². The first-order chi connectivity index (χ1) is 5.93. The Kier molecular flexibility index (Phi) is 6.05. The summed E-state index contributed by atoms with van der Waals surface area (Å²) in [6.45, 7) is 0.940. The largest absolute Gasteiger partial charge is 0.378 e. The average molecular weight is 235 g/mol. The Balaban J connectivity index is 2.04. The van der Waals surface area contributed by atoms with Gasteiger partial charge in [-0.25, -0.2) is 0 Å². The second-order valence-corrected chi connectivity index (χ2v) is 4.32. The molecule has 1 aliphatic rings. The smallest absolute Gasteiger partial charge is 0.0575 e. The van der Waals surface area contributed by atoms with Crippen LogP contribution in [0.25, 0.3) is 0 Å². The van der Waals surface area contributed by atoms with Gasteiger partial charge in [0.15, 0.2) is 0 Å². The lowest BCUT2D eigenvalue weighted by Gasteiger charge is -2.14. The van der Waals surface area contributed by atoms with Crippen LogP contribution >= 0.6 is 15.9 Å². The molecule has 0 atom stereocenters. The summed E-state index contributed by atoms with van der Waals surface area (Å²) in [4.78, 5) is 0. The second kappa shape index (κ2) is 6.90. The lowest BCUT2D eigenvalue weighted by molar-refractivity contribution is 0.0443. The molecular formula is C10H19BrO. The molecule has 0 aromatic rings. The van der Waals surface area contributed by atoms with Gasteiger partial charge in [-0.1, -0.05) is 41.6 Å². The van der Waals surface area contributed by atoms with Gasteiger partial charge >= 0.3 is 0 Å². The third-order valence-electron chi connectivity index (χ3n) is 2.43. The molecule has 12 heavy (non-hydrogen) atoms. The van der Waals surface area contributed by atoms with Crippen LogP contribution in [-0.4, -0.2) is 18.0 Å². The molecule has 0 heterocycles. The Hall–Kier alpha value is 0.440. The summed E-state index contributed by atoms with van der Waals surface area (Å²) in [6, 6.07) is 0. The molecule has 0 amide bonds. The van der Waals surface area contributed by atoms with Crippen LogP contribution in [0.4, 0.5) is 0 Å². The lowest BCUT2D eigenvalue weighted by Crippen LogP contribution is -2.12. The third-order valence-corrected chi connectivity index (χ3v) is 2.99. The predicted molar refractivity (Wildman–Crippen MR) is 55.9 cm³/mol. The molecule has 0 radical (unpaired) electrons. The molecule has 1 fully saturated rings. The molecule has 0 unspecified atom stereocenters. The first-order valence-corrected chi connectivity index (χ1v) is 6.23. The van der Waals surface area contributed by atoms with Gasteiger partial charge in [-0.15, -0.1) is 0 Å². The van der Waals surface area contributed by atoms with Gasteiger partial charge in [0.25, 0.3) is 0 Å². The monoisotopic (exact) mass is 234 g/mol. The van der Waals surface area contributed by atoms with Gasteiger partial charge in [0.05, 0.1) is 6.10 Å². The Morgan fingerprint density at radius 3 is 2.33 bits per heavy atom. The van der Waals surface area contributed by atoms with Gasteiger partial charge in [-0.3, -0.25) is 0 Å². The standard InChI is InChI=1S/C10H19BrO/c11-8-5-9-12-10-6-3-1-2-4-7-10/h10H,1-9H2. The highest BCUT2D eigenvalue weighted by atomic mass is 79.9. The topological polar surface area (TPSA) is 9.23 Å².